The Morgan fingerprint density at radius 2 is 1.89 bits per heavy atom. The molecule has 3 fully saturated rings. The molecule has 0 spiro atoms. The summed E-state index contributed by atoms with van der Waals surface area (Å²) >= 11 is 5.68. The molecule has 0 radical (unpaired) electrons. The van der Waals surface area contributed by atoms with Gasteiger partial charge in [-0.2, -0.15) is 0 Å². The van der Waals surface area contributed by atoms with Gasteiger partial charge in [0.25, 0.3) is 0 Å². The fourth-order valence-corrected chi connectivity index (χ4v) is 6.18. The van der Waals surface area contributed by atoms with Gasteiger partial charge in [-0.05, 0) is 73.3 Å². The summed E-state index contributed by atoms with van der Waals surface area (Å²) in [6.07, 6.45) is 14.7. The van der Waals surface area contributed by atoms with E-state index in [1.165, 1.54) is 79.5 Å². The summed E-state index contributed by atoms with van der Waals surface area (Å²) in [4.78, 5) is 1.24. The zero-order chi connectivity index (χ0) is 18.2. The molecule has 2 aliphatic heterocycles. The molecule has 27 heavy (non-hydrogen) atoms. The Kier molecular flexibility index (Phi) is 5.26. The van der Waals surface area contributed by atoms with Crippen molar-refractivity contribution in [3.8, 4) is 0 Å². The van der Waals surface area contributed by atoms with Gasteiger partial charge in [0.2, 0.25) is 0 Å². The average molecular weight is 384 g/mol. The lowest BCUT2D eigenvalue weighted by Gasteiger charge is -2.47. The van der Waals surface area contributed by atoms with Crippen LogP contribution in [0.15, 0.2) is 18.2 Å². The summed E-state index contributed by atoms with van der Waals surface area (Å²) in [5.41, 5.74) is 4.11. The molecule has 0 bridgehead atoms. The van der Waals surface area contributed by atoms with Gasteiger partial charge in [0, 0.05) is 36.2 Å². The smallest absolute Gasteiger partial charge is 0.0892 e. The molecule has 0 aromatic heterocycles. The normalized spacial score (nSPS) is 30.9. The molecule has 0 unspecified atom stereocenters. The third kappa shape index (κ3) is 3.96. The van der Waals surface area contributed by atoms with E-state index < -0.39 is 0 Å². The van der Waals surface area contributed by atoms with Crippen LogP contribution in [-0.2, 0) is 11.2 Å². The van der Waals surface area contributed by atoms with Gasteiger partial charge in [-0.3, -0.25) is 0 Å². The summed E-state index contributed by atoms with van der Waals surface area (Å²) in [6.45, 7) is 0.919. The highest BCUT2D eigenvalue weighted by Gasteiger charge is 2.42. The van der Waals surface area contributed by atoms with Crippen molar-refractivity contribution in [2.24, 2.45) is 17.8 Å². The zero-order valence-electron chi connectivity index (χ0n) is 16.4. The summed E-state index contributed by atoms with van der Waals surface area (Å²) in [6, 6.07) is 7.62. The van der Waals surface area contributed by atoms with Gasteiger partial charge >= 0.3 is 0 Å². The molecule has 3 atom stereocenters. The largest absolute Gasteiger partial charge is 0.381 e. The van der Waals surface area contributed by atoms with E-state index >= 15 is 0 Å². The molecule has 3 heteroatoms. The maximum absolute atomic E-state index is 6.39. The molecule has 0 amide bonds. The Hall–Kier alpha value is -0.930. The average Bonchev–Trinajstić information content (AvgIpc) is 3.52. The minimum atomic E-state index is 0.291. The first-order chi connectivity index (χ1) is 13.3. The molecule has 1 N–H and O–H groups in total. The highest BCUT2D eigenvalue weighted by Crippen LogP contribution is 2.48. The van der Waals surface area contributed by atoms with Gasteiger partial charge in [0.1, 0.15) is 0 Å². The maximum atomic E-state index is 6.39. The summed E-state index contributed by atoms with van der Waals surface area (Å²) < 4.78 is 6.39. The van der Waals surface area contributed by atoms with Gasteiger partial charge < -0.3 is 10.1 Å². The van der Waals surface area contributed by atoms with Crippen molar-refractivity contribution in [2.75, 3.05) is 11.9 Å². The Morgan fingerprint density at radius 3 is 2.70 bits per heavy atom. The van der Waals surface area contributed by atoms with Crippen molar-refractivity contribution in [1.29, 1.82) is 0 Å². The lowest BCUT2D eigenvalue weighted by molar-refractivity contribution is -0.0458. The van der Waals surface area contributed by atoms with Crippen molar-refractivity contribution in [3.05, 3.63) is 29.3 Å². The highest BCUT2D eigenvalue weighted by atomic mass is 32.1. The van der Waals surface area contributed by atoms with Crippen LogP contribution in [0.3, 0.4) is 0 Å². The van der Waals surface area contributed by atoms with Crippen LogP contribution in [0.2, 0.25) is 0 Å². The topological polar surface area (TPSA) is 21.3 Å². The lowest BCUT2D eigenvalue weighted by atomic mass is 9.71. The maximum Gasteiger partial charge on any atom is 0.0892 e. The van der Waals surface area contributed by atoms with Crippen LogP contribution in [0.4, 0.5) is 5.69 Å². The first kappa shape index (κ1) is 18.1. The molecule has 4 aliphatic rings. The van der Waals surface area contributed by atoms with E-state index in [0.29, 0.717) is 18.1 Å². The monoisotopic (exact) mass is 383 g/mol. The van der Waals surface area contributed by atoms with Crippen molar-refractivity contribution in [1.82, 2.24) is 0 Å². The second kappa shape index (κ2) is 7.83. The molecular weight excluding hydrogens is 350 g/mol. The Balaban J connectivity index is 1.38. The minimum Gasteiger partial charge on any atom is -0.381 e. The Morgan fingerprint density at radius 1 is 1.04 bits per heavy atom. The second-order valence-corrected chi connectivity index (χ2v) is 10.0. The van der Waals surface area contributed by atoms with Gasteiger partial charge in [0.05, 0.1) is 6.10 Å². The van der Waals surface area contributed by atoms with Gasteiger partial charge in [0.15, 0.2) is 0 Å². The van der Waals surface area contributed by atoms with E-state index in [1.54, 1.807) is 0 Å². The number of thiocarbonyl (C=S) groups is 1. The molecular formula is C24H33NOS. The molecule has 1 saturated heterocycles. The molecule has 2 heterocycles. The van der Waals surface area contributed by atoms with Crippen LogP contribution in [0.1, 0.15) is 81.4 Å². The van der Waals surface area contributed by atoms with Crippen LogP contribution in [0.5, 0.6) is 0 Å². The van der Waals surface area contributed by atoms with E-state index in [2.05, 4.69) is 23.5 Å². The van der Waals surface area contributed by atoms with Crippen LogP contribution in [-0.4, -0.2) is 17.5 Å². The second-order valence-electron chi connectivity index (χ2n) is 9.45. The first-order valence-corrected chi connectivity index (χ1v) is 11.7. The van der Waals surface area contributed by atoms with E-state index in [0.717, 1.165) is 31.3 Å². The third-order valence-corrected chi connectivity index (χ3v) is 7.66. The summed E-state index contributed by atoms with van der Waals surface area (Å²) in [5, 5.41) is 3.98. The molecule has 1 aromatic rings. The predicted molar refractivity (Wildman–Crippen MR) is 115 cm³/mol. The molecule has 1 aromatic carbocycles. The molecule has 2 nitrogen and oxygen atoms in total. The van der Waals surface area contributed by atoms with Crippen LogP contribution < -0.4 is 5.32 Å². The Bertz CT molecular complexity index is 692. The van der Waals surface area contributed by atoms with Crippen molar-refractivity contribution in [2.45, 2.75) is 82.8 Å². The van der Waals surface area contributed by atoms with Gasteiger partial charge in [-0.15, -0.1) is 0 Å². The number of fused-ring (bicyclic) bond motifs is 3. The Labute approximate surface area is 169 Å². The molecule has 146 valence electrons. The van der Waals surface area contributed by atoms with Crippen molar-refractivity contribution < 1.29 is 4.74 Å². The van der Waals surface area contributed by atoms with Gasteiger partial charge in [-0.1, -0.05) is 43.6 Å². The SMILES string of the molecule is S=C(Cc1ccc2c(c1)[C@H]1OCCC[C@H]1[C@@H](C1CCCCC1)N2)CC1CC1. The van der Waals surface area contributed by atoms with Crippen molar-refractivity contribution >= 4 is 22.8 Å². The molecule has 5 rings (SSSR count). The van der Waals surface area contributed by atoms with Gasteiger partial charge in [-0.25, -0.2) is 0 Å². The van der Waals surface area contributed by atoms with E-state index in [9.17, 15) is 0 Å². The van der Waals surface area contributed by atoms with Crippen molar-refractivity contribution in [3.63, 3.8) is 0 Å². The quantitative estimate of drug-likeness (QED) is 0.608. The number of nitrogens with one attached hydrogen (secondary N) is 1. The number of benzene rings is 1. The molecule has 2 saturated carbocycles. The number of ether oxygens (including phenoxy) is 1. The summed E-state index contributed by atoms with van der Waals surface area (Å²) in [5.74, 6) is 2.36. The number of rotatable bonds is 5. The first-order valence-electron chi connectivity index (χ1n) is 11.3. The van der Waals surface area contributed by atoms with E-state index in [1.807, 2.05) is 0 Å². The fourth-order valence-electron chi connectivity index (χ4n) is 5.77. The predicted octanol–water partition coefficient (Wildman–Crippen LogP) is 6.24. The minimum absolute atomic E-state index is 0.291. The fraction of sp³-hybridized carbons (Fsp3) is 0.708. The number of hydrogen-bond donors (Lipinski definition) is 1. The lowest BCUT2D eigenvalue weighted by Crippen LogP contribution is -2.46. The van der Waals surface area contributed by atoms with E-state index in [4.69, 9.17) is 17.0 Å². The highest BCUT2D eigenvalue weighted by molar-refractivity contribution is 7.80. The standard InChI is InChI=1S/C24H33NOS/c27-19(13-16-8-9-16)14-17-10-11-22-21(15-17)24-20(7-4-12-26-24)23(25-22)18-5-2-1-3-6-18/h10-11,15-16,18,20,23-25H,1-9,12-14H2/t20-,23+,24-/m0/s1. The summed E-state index contributed by atoms with van der Waals surface area (Å²) in [7, 11) is 0. The van der Waals surface area contributed by atoms with Crippen LogP contribution in [0, 0.1) is 17.8 Å². The van der Waals surface area contributed by atoms with Crippen LogP contribution in [0.25, 0.3) is 0 Å². The third-order valence-electron chi connectivity index (χ3n) is 7.35. The van der Waals surface area contributed by atoms with E-state index in [-0.39, 0.29) is 0 Å². The zero-order valence-corrected chi connectivity index (χ0v) is 17.2. The molecule has 2 aliphatic carbocycles. The van der Waals surface area contributed by atoms with Crippen LogP contribution >= 0.6 is 12.2 Å². The number of anilines is 1. The number of hydrogen-bond acceptors (Lipinski definition) is 3.